The first-order valence-electron chi connectivity index (χ1n) is 9.46. The fourth-order valence-electron chi connectivity index (χ4n) is 2.54. The van der Waals surface area contributed by atoms with Crippen molar-refractivity contribution in [2.45, 2.75) is 85.0 Å². The number of hydrogen-bond acceptors (Lipinski definition) is 6. The van der Waals surface area contributed by atoms with E-state index >= 15 is 0 Å². The Balaban J connectivity index is 2.85. The maximum atomic E-state index is 12.6. The number of rotatable bonds is 9. The lowest BCUT2D eigenvalue weighted by Gasteiger charge is -2.27. The minimum atomic E-state index is -1.21. The van der Waals surface area contributed by atoms with Gasteiger partial charge in [0.25, 0.3) is 0 Å². The monoisotopic (exact) mass is 399 g/mol. The van der Waals surface area contributed by atoms with Gasteiger partial charge in [-0.05, 0) is 24.7 Å². The fourth-order valence-corrected chi connectivity index (χ4v) is 3.59. The number of aliphatic hydroxyl groups excluding tert-OH is 1. The number of carbonyl (C=O) groups excluding carboxylic acids is 2. The topological polar surface area (TPSA) is 112 Å². The third kappa shape index (κ3) is 6.26. The number of nitrogens with zero attached hydrogens (tertiary/aromatic N) is 1. The average Bonchev–Trinajstić information content (AvgIpc) is 3.08. The second kappa shape index (κ2) is 9.61. The van der Waals surface area contributed by atoms with E-state index < -0.39 is 29.1 Å². The SMILES string of the molecule is CCCC(NC(=O)C(O)C(C)(C)C)C(=O)Nc1ncc(C(O)(CC)CC)s1. The smallest absolute Gasteiger partial charge is 0.250 e. The van der Waals surface area contributed by atoms with Crippen LogP contribution in [0.25, 0.3) is 0 Å². The first-order valence-corrected chi connectivity index (χ1v) is 10.3. The highest BCUT2D eigenvalue weighted by Crippen LogP contribution is 2.34. The summed E-state index contributed by atoms with van der Waals surface area (Å²) < 4.78 is 0. The van der Waals surface area contributed by atoms with Crippen molar-refractivity contribution < 1.29 is 19.8 Å². The number of anilines is 1. The Labute approximate surface area is 165 Å². The van der Waals surface area contributed by atoms with Crippen LogP contribution in [-0.4, -0.2) is 39.2 Å². The van der Waals surface area contributed by atoms with Crippen molar-refractivity contribution in [2.75, 3.05) is 5.32 Å². The first-order chi connectivity index (χ1) is 12.5. The van der Waals surface area contributed by atoms with Gasteiger partial charge >= 0.3 is 0 Å². The van der Waals surface area contributed by atoms with E-state index in [0.29, 0.717) is 35.7 Å². The predicted octanol–water partition coefficient (Wildman–Crippen LogP) is 2.78. The molecule has 0 saturated heterocycles. The van der Waals surface area contributed by atoms with E-state index in [-0.39, 0.29) is 5.91 Å². The van der Waals surface area contributed by atoms with Gasteiger partial charge in [0.05, 0.1) is 10.5 Å². The van der Waals surface area contributed by atoms with Crippen LogP contribution < -0.4 is 10.6 Å². The van der Waals surface area contributed by atoms with E-state index in [0.717, 1.165) is 0 Å². The normalized spacial score (nSPS) is 14.5. The van der Waals surface area contributed by atoms with Crippen LogP contribution in [0.4, 0.5) is 5.13 Å². The minimum Gasteiger partial charge on any atom is -0.384 e. The van der Waals surface area contributed by atoms with Crippen LogP contribution in [0.1, 0.15) is 72.1 Å². The zero-order chi connectivity index (χ0) is 20.8. The number of amides is 2. The summed E-state index contributed by atoms with van der Waals surface area (Å²) in [5.41, 5.74) is -1.57. The molecule has 1 rings (SSSR count). The highest BCUT2D eigenvalue weighted by atomic mass is 32.1. The Kier molecular flexibility index (Phi) is 8.38. The van der Waals surface area contributed by atoms with Crippen LogP contribution in [0, 0.1) is 5.41 Å². The summed E-state index contributed by atoms with van der Waals surface area (Å²) in [4.78, 5) is 29.7. The molecule has 2 atom stereocenters. The van der Waals surface area contributed by atoms with Crippen LogP contribution in [0.2, 0.25) is 0 Å². The molecule has 0 bridgehead atoms. The number of hydrogen-bond donors (Lipinski definition) is 4. The van der Waals surface area contributed by atoms with E-state index in [1.54, 1.807) is 27.0 Å². The van der Waals surface area contributed by atoms with Crippen molar-refractivity contribution in [1.82, 2.24) is 10.3 Å². The van der Waals surface area contributed by atoms with Crippen LogP contribution in [0.3, 0.4) is 0 Å². The molecule has 0 spiro atoms. The molecule has 4 N–H and O–H groups in total. The zero-order valence-electron chi connectivity index (χ0n) is 17.1. The quantitative estimate of drug-likeness (QED) is 0.510. The highest BCUT2D eigenvalue weighted by Gasteiger charge is 2.32. The summed E-state index contributed by atoms with van der Waals surface area (Å²) >= 11 is 1.23. The Hall–Kier alpha value is -1.51. The maximum Gasteiger partial charge on any atom is 0.250 e. The van der Waals surface area contributed by atoms with E-state index in [2.05, 4.69) is 15.6 Å². The molecule has 0 radical (unpaired) electrons. The molecule has 154 valence electrons. The average molecular weight is 400 g/mol. The Bertz CT molecular complexity index is 635. The Morgan fingerprint density at radius 1 is 1.19 bits per heavy atom. The van der Waals surface area contributed by atoms with Gasteiger partial charge in [0, 0.05) is 6.20 Å². The third-order valence-electron chi connectivity index (χ3n) is 4.64. The van der Waals surface area contributed by atoms with E-state index in [1.165, 1.54) is 11.3 Å². The van der Waals surface area contributed by atoms with Gasteiger partial charge in [-0.15, -0.1) is 0 Å². The molecule has 0 aliphatic carbocycles. The van der Waals surface area contributed by atoms with Gasteiger partial charge in [-0.2, -0.15) is 0 Å². The zero-order valence-corrected chi connectivity index (χ0v) is 17.9. The highest BCUT2D eigenvalue weighted by molar-refractivity contribution is 7.15. The molecule has 8 heteroatoms. The van der Waals surface area contributed by atoms with Gasteiger partial charge in [-0.25, -0.2) is 4.98 Å². The minimum absolute atomic E-state index is 0.377. The summed E-state index contributed by atoms with van der Waals surface area (Å²) in [7, 11) is 0. The number of aromatic nitrogens is 1. The largest absolute Gasteiger partial charge is 0.384 e. The molecular weight excluding hydrogens is 366 g/mol. The number of carbonyl (C=O) groups is 2. The van der Waals surface area contributed by atoms with Crippen molar-refractivity contribution in [3.8, 4) is 0 Å². The van der Waals surface area contributed by atoms with Crippen LogP contribution in [0.15, 0.2) is 6.20 Å². The lowest BCUT2D eigenvalue weighted by molar-refractivity contribution is -0.137. The molecule has 0 fully saturated rings. The van der Waals surface area contributed by atoms with Crippen LogP contribution >= 0.6 is 11.3 Å². The molecule has 0 aromatic carbocycles. The molecule has 0 aliphatic heterocycles. The number of thiazole rings is 1. The lowest BCUT2D eigenvalue weighted by atomic mass is 9.88. The Morgan fingerprint density at radius 2 is 1.78 bits per heavy atom. The lowest BCUT2D eigenvalue weighted by Crippen LogP contribution is -2.50. The van der Waals surface area contributed by atoms with Crippen molar-refractivity contribution in [3.63, 3.8) is 0 Å². The fraction of sp³-hybridized carbons (Fsp3) is 0.737. The molecule has 27 heavy (non-hydrogen) atoms. The van der Waals surface area contributed by atoms with Gasteiger partial charge < -0.3 is 20.8 Å². The number of aliphatic hydroxyl groups is 2. The number of nitrogens with one attached hydrogen (secondary N) is 2. The van der Waals surface area contributed by atoms with Crippen LogP contribution in [0.5, 0.6) is 0 Å². The van der Waals surface area contributed by atoms with Crippen LogP contribution in [-0.2, 0) is 15.2 Å². The Morgan fingerprint density at radius 3 is 2.26 bits per heavy atom. The van der Waals surface area contributed by atoms with Gasteiger partial charge in [-0.3, -0.25) is 9.59 Å². The molecule has 1 heterocycles. The molecule has 2 unspecified atom stereocenters. The second-order valence-electron chi connectivity index (χ2n) is 7.88. The molecule has 1 aromatic heterocycles. The maximum absolute atomic E-state index is 12.6. The van der Waals surface area contributed by atoms with Gasteiger partial charge in [0.2, 0.25) is 11.8 Å². The second-order valence-corrected chi connectivity index (χ2v) is 8.91. The summed E-state index contributed by atoms with van der Waals surface area (Å²) in [5.74, 6) is -0.953. The summed E-state index contributed by atoms with van der Waals surface area (Å²) in [5, 5.41) is 26.4. The van der Waals surface area contributed by atoms with Gasteiger partial charge in [0.1, 0.15) is 12.1 Å². The molecule has 0 saturated carbocycles. The molecule has 2 amide bonds. The summed E-state index contributed by atoms with van der Waals surface area (Å²) in [6, 6.07) is -0.761. The van der Waals surface area contributed by atoms with E-state index in [4.69, 9.17) is 0 Å². The molecule has 7 nitrogen and oxygen atoms in total. The van der Waals surface area contributed by atoms with Crippen molar-refractivity contribution in [3.05, 3.63) is 11.1 Å². The first kappa shape index (κ1) is 23.5. The summed E-state index contributed by atoms with van der Waals surface area (Å²) in [6.45, 7) is 11.0. The molecule has 1 aromatic rings. The predicted molar refractivity (Wildman–Crippen MR) is 108 cm³/mol. The molecular formula is C19H33N3O4S. The third-order valence-corrected chi connectivity index (χ3v) is 5.75. The van der Waals surface area contributed by atoms with E-state index in [1.807, 2.05) is 20.8 Å². The van der Waals surface area contributed by atoms with Crippen molar-refractivity contribution in [1.29, 1.82) is 0 Å². The van der Waals surface area contributed by atoms with E-state index in [9.17, 15) is 19.8 Å². The molecule has 0 aliphatic rings. The van der Waals surface area contributed by atoms with Gasteiger partial charge in [-0.1, -0.05) is 59.3 Å². The standard InChI is InChI=1S/C19H33N3O4S/c1-7-10-12(21-16(25)14(23)18(4,5)6)15(24)22-17-20-11-13(27-17)19(26,8-2)9-3/h11-12,14,23,26H,7-10H2,1-6H3,(H,21,25)(H,20,22,24). The van der Waals surface area contributed by atoms with Crippen molar-refractivity contribution in [2.24, 2.45) is 5.41 Å². The van der Waals surface area contributed by atoms with Gasteiger partial charge in [0.15, 0.2) is 5.13 Å². The summed E-state index contributed by atoms with van der Waals surface area (Å²) in [6.07, 6.45) is 2.61. The van der Waals surface area contributed by atoms with Crippen molar-refractivity contribution >= 4 is 28.3 Å².